The molecule has 2 aliphatic rings. The maximum Gasteiger partial charge on any atom is 0.225 e. The van der Waals surface area contributed by atoms with Crippen molar-refractivity contribution in [2.24, 2.45) is 5.92 Å². The molecule has 4 heteroatoms. The molecule has 0 atom stereocenters. The standard InChI is InChI=1S/C13H24N2O.ClH/c1-15(12-5-3-2-4-6-12)13(16)11-7-9-14-10-8-11;/h11-12,14H,2-10H2,1H3;1H. The number of carbonyl (C=O) groups is 1. The van der Waals surface area contributed by atoms with Gasteiger partial charge in [0.05, 0.1) is 0 Å². The summed E-state index contributed by atoms with van der Waals surface area (Å²) < 4.78 is 0. The molecule has 1 heterocycles. The third kappa shape index (κ3) is 3.85. The van der Waals surface area contributed by atoms with Crippen molar-refractivity contribution < 1.29 is 4.79 Å². The number of hydrogen-bond acceptors (Lipinski definition) is 2. The molecule has 1 N–H and O–H groups in total. The van der Waals surface area contributed by atoms with Gasteiger partial charge >= 0.3 is 0 Å². The highest BCUT2D eigenvalue weighted by Gasteiger charge is 2.28. The lowest BCUT2D eigenvalue weighted by molar-refractivity contribution is -0.137. The van der Waals surface area contributed by atoms with E-state index in [1.807, 2.05) is 7.05 Å². The van der Waals surface area contributed by atoms with E-state index in [1.165, 1.54) is 32.1 Å². The largest absolute Gasteiger partial charge is 0.343 e. The van der Waals surface area contributed by atoms with Gasteiger partial charge in [0.15, 0.2) is 0 Å². The Kier molecular flexibility index (Phi) is 6.28. The van der Waals surface area contributed by atoms with Crippen molar-refractivity contribution in [2.75, 3.05) is 20.1 Å². The molecule has 1 amide bonds. The van der Waals surface area contributed by atoms with Gasteiger partial charge in [-0.05, 0) is 38.8 Å². The van der Waals surface area contributed by atoms with Gasteiger partial charge in [-0.3, -0.25) is 4.79 Å². The highest BCUT2D eigenvalue weighted by atomic mass is 35.5. The van der Waals surface area contributed by atoms with Crippen molar-refractivity contribution in [2.45, 2.75) is 51.0 Å². The number of nitrogens with one attached hydrogen (secondary N) is 1. The monoisotopic (exact) mass is 260 g/mol. The Labute approximate surface area is 111 Å². The van der Waals surface area contributed by atoms with Crippen LogP contribution in [0, 0.1) is 5.92 Å². The van der Waals surface area contributed by atoms with Gasteiger partial charge in [-0.25, -0.2) is 0 Å². The van der Waals surface area contributed by atoms with Crippen LogP contribution in [-0.2, 0) is 4.79 Å². The van der Waals surface area contributed by atoms with E-state index in [1.54, 1.807) is 0 Å². The highest BCUT2D eigenvalue weighted by Crippen LogP contribution is 2.24. The molecule has 17 heavy (non-hydrogen) atoms. The molecule has 0 radical (unpaired) electrons. The average Bonchev–Trinajstić information content (AvgIpc) is 2.39. The van der Waals surface area contributed by atoms with Crippen LogP contribution >= 0.6 is 12.4 Å². The Bertz CT molecular complexity index is 236. The third-order valence-electron chi connectivity index (χ3n) is 4.16. The van der Waals surface area contributed by atoms with Crippen molar-refractivity contribution in [1.82, 2.24) is 10.2 Å². The summed E-state index contributed by atoms with van der Waals surface area (Å²) in [7, 11) is 2.01. The number of carbonyl (C=O) groups excluding carboxylic acids is 1. The fraction of sp³-hybridized carbons (Fsp3) is 0.923. The molecule has 3 nitrogen and oxygen atoms in total. The molecule has 1 aliphatic carbocycles. The molecule has 1 aliphatic heterocycles. The summed E-state index contributed by atoms with van der Waals surface area (Å²) in [6.45, 7) is 2.02. The minimum Gasteiger partial charge on any atom is -0.343 e. The first-order valence-electron chi connectivity index (χ1n) is 6.76. The SMILES string of the molecule is CN(C(=O)C1CCNCC1)C1CCCCC1.Cl. The van der Waals surface area contributed by atoms with Crippen molar-refractivity contribution in [3.05, 3.63) is 0 Å². The fourth-order valence-electron chi connectivity index (χ4n) is 3.01. The van der Waals surface area contributed by atoms with E-state index in [0.717, 1.165) is 25.9 Å². The summed E-state index contributed by atoms with van der Waals surface area (Å²) in [6, 6.07) is 0.524. The normalized spacial score (nSPS) is 22.9. The second-order valence-corrected chi connectivity index (χ2v) is 5.27. The van der Waals surface area contributed by atoms with Crippen LogP contribution in [0.5, 0.6) is 0 Å². The molecule has 0 unspecified atom stereocenters. The van der Waals surface area contributed by atoms with Gasteiger partial charge in [0.1, 0.15) is 0 Å². The summed E-state index contributed by atoms with van der Waals surface area (Å²) in [4.78, 5) is 14.3. The van der Waals surface area contributed by atoms with E-state index in [-0.39, 0.29) is 18.3 Å². The molecule has 0 aromatic heterocycles. The van der Waals surface area contributed by atoms with E-state index in [2.05, 4.69) is 10.2 Å². The number of halogens is 1. The zero-order valence-electron chi connectivity index (χ0n) is 10.8. The van der Waals surface area contributed by atoms with Gasteiger partial charge in [-0.15, -0.1) is 12.4 Å². The lowest BCUT2D eigenvalue weighted by Gasteiger charge is -2.34. The molecule has 1 saturated heterocycles. The third-order valence-corrected chi connectivity index (χ3v) is 4.16. The molecular weight excluding hydrogens is 236 g/mol. The molecule has 100 valence electrons. The maximum atomic E-state index is 12.3. The lowest BCUT2D eigenvalue weighted by Crippen LogP contribution is -2.44. The molecule has 0 bridgehead atoms. The Morgan fingerprint density at radius 2 is 1.65 bits per heavy atom. The van der Waals surface area contributed by atoms with Crippen LogP contribution in [0.4, 0.5) is 0 Å². The summed E-state index contributed by atoms with van der Waals surface area (Å²) >= 11 is 0. The number of piperidine rings is 1. The predicted molar refractivity (Wildman–Crippen MR) is 72.5 cm³/mol. The lowest BCUT2D eigenvalue weighted by atomic mass is 9.91. The van der Waals surface area contributed by atoms with Gasteiger partial charge < -0.3 is 10.2 Å². The van der Waals surface area contributed by atoms with Gasteiger partial charge in [0.25, 0.3) is 0 Å². The molecule has 0 aromatic rings. The first-order valence-corrected chi connectivity index (χ1v) is 6.76. The van der Waals surface area contributed by atoms with Gasteiger partial charge in [-0.1, -0.05) is 19.3 Å². The first kappa shape index (κ1) is 14.8. The molecule has 1 saturated carbocycles. The molecule has 2 fully saturated rings. The van der Waals surface area contributed by atoms with E-state index < -0.39 is 0 Å². The number of rotatable bonds is 2. The number of hydrogen-bond donors (Lipinski definition) is 1. The van der Waals surface area contributed by atoms with Crippen molar-refractivity contribution in [3.63, 3.8) is 0 Å². The molecular formula is C13H25ClN2O. The van der Waals surface area contributed by atoms with Crippen LogP contribution in [0.2, 0.25) is 0 Å². The van der Waals surface area contributed by atoms with Crippen molar-refractivity contribution >= 4 is 18.3 Å². The first-order chi connectivity index (χ1) is 7.79. The van der Waals surface area contributed by atoms with Crippen molar-refractivity contribution in [1.29, 1.82) is 0 Å². The van der Waals surface area contributed by atoms with E-state index in [0.29, 0.717) is 11.9 Å². The van der Waals surface area contributed by atoms with E-state index in [4.69, 9.17) is 0 Å². The summed E-state index contributed by atoms with van der Waals surface area (Å²) in [5.41, 5.74) is 0. The van der Waals surface area contributed by atoms with Crippen LogP contribution < -0.4 is 5.32 Å². The molecule has 0 aromatic carbocycles. The Morgan fingerprint density at radius 1 is 1.06 bits per heavy atom. The minimum absolute atomic E-state index is 0. The fourth-order valence-corrected chi connectivity index (χ4v) is 3.01. The predicted octanol–water partition coefficient (Wildman–Crippen LogP) is 2.20. The zero-order valence-corrected chi connectivity index (χ0v) is 11.6. The smallest absolute Gasteiger partial charge is 0.225 e. The van der Waals surface area contributed by atoms with E-state index in [9.17, 15) is 4.79 Å². The van der Waals surface area contributed by atoms with Crippen LogP contribution in [0.15, 0.2) is 0 Å². The number of amides is 1. The summed E-state index contributed by atoms with van der Waals surface area (Å²) in [6.07, 6.45) is 8.43. The van der Waals surface area contributed by atoms with E-state index >= 15 is 0 Å². The van der Waals surface area contributed by atoms with Crippen molar-refractivity contribution in [3.8, 4) is 0 Å². The summed E-state index contributed by atoms with van der Waals surface area (Å²) in [5, 5.41) is 3.32. The second-order valence-electron chi connectivity index (χ2n) is 5.27. The van der Waals surface area contributed by atoms with Crippen LogP contribution in [0.1, 0.15) is 44.9 Å². The van der Waals surface area contributed by atoms with Crippen LogP contribution in [0.25, 0.3) is 0 Å². The zero-order chi connectivity index (χ0) is 11.4. The number of nitrogens with zero attached hydrogens (tertiary/aromatic N) is 1. The topological polar surface area (TPSA) is 32.3 Å². The van der Waals surface area contributed by atoms with Gasteiger partial charge in [-0.2, -0.15) is 0 Å². The summed E-state index contributed by atoms with van der Waals surface area (Å²) in [5.74, 6) is 0.682. The minimum atomic E-state index is 0. The molecule has 0 spiro atoms. The Hall–Kier alpha value is -0.280. The Morgan fingerprint density at radius 3 is 2.24 bits per heavy atom. The van der Waals surface area contributed by atoms with Crippen LogP contribution in [-0.4, -0.2) is 37.0 Å². The average molecular weight is 261 g/mol. The maximum absolute atomic E-state index is 12.3. The van der Waals surface area contributed by atoms with Crippen LogP contribution in [0.3, 0.4) is 0 Å². The highest BCUT2D eigenvalue weighted by molar-refractivity contribution is 5.85. The van der Waals surface area contributed by atoms with Gasteiger partial charge in [0, 0.05) is 19.0 Å². The second kappa shape index (κ2) is 7.22. The van der Waals surface area contributed by atoms with Gasteiger partial charge in [0.2, 0.25) is 5.91 Å². The Balaban J connectivity index is 0.00000144. The molecule has 2 rings (SSSR count). The quantitative estimate of drug-likeness (QED) is 0.826.